The molecule has 2 aliphatic carbocycles. The summed E-state index contributed by atoms with van der Waals surface area (Å²) in [4.78, 5) is 27.8. The van der Waals surface area contributed by atoms with Crippen molar-refractivity contribution in [2.45, 2.75) is 83.0 Å². The predicted molar refractivity (Wildman–Crippen MR) is 151 cm³/mol. The molecule has 2 aliphatic rings. The van der Waals surface area contributed by atoms with E-state index in [1.54, 1.807) is 0 Å². The van der Waals surface area contributed by atoms with Crippen LogP contribution in [0, 0.1) is 6.92 Å². The summed E-state index contributed by atoms with van der Waals surface area (Å²) >= 11 is 0. The molecular formula is C33H38N2O3. The highest BCUT2D eigenvalue weighted by atomic mass is 16.4. The Hall–Kier alpha value is -3.44. The number of rotatable bonds is 12. The molecule has 3 aromatic carbocycles. The molecule has 2 N–H and O–H groups in total. The number of benzene rings is 3. The van der Waals surface area contributed by atoms with Crippen molar-refractivity contribution in [3.8, 4) is 11.1 Å². The Bertz CT molecular complexity index is 1290. The molecule has 198 valence electrons. The molecule has 2 fully saturated rings. The summed E-state index contributed by atoms with van der Waals surface area (Å²) in [5.41, 5.74) is 6.28. The molecule has 1 unspecified atom stereocenters. The zero-order valence-electron chi connectivity index (χ0n) is 22.5. The minimum absolute atomic E-state index is 0.219. The van der Waals surface area contributed by atoms with E-state index in [4.69, 9.17) is 0 Å². The van der Waals surface area contributed by atoms with E-state index in [1.807, 2.05) is 31.2 Å². The zero-order chi connectivity index (χ0) is 26.7. The van der Waals surface area contributed by atoms with E-state index in [0.717, 1.165) is 29.7 Å². The Morgan fingerprint density at radius 3 is 2.32 bits per heavy atom. The van der Waals surface area contributed by atoms with Crippen molar-refractivity contribution >= 4 is 11.9 Å². The van der Waals surface area contributed by atoms with Gasteiger partial charge in [0.25, 0.3) is 5.91 Å². The monoisotopic (exact) mass is 510 g/mol. The summed E-state index contributed by atoms with van der Waals surface area (Å²) in [5, 5.41) is 12.4. The van der Waals surface area contributed by atoms with E-state index >= 15 is 0 Å². The second-order valence-electron chi connectivity index (χ2n) is 11.1. The fourth-order valence-corrected chi connectivity index (χ4v) is 5.72. The highest BCUT2D eigenvalue weighted by Crippen LogP contribution is 2.50. The summed E-state index contributed by atoms with van der Waals surface area (Å²) in [5.74, 6) is -1.33. The highest BCUT2D eigenvalue weighted by molar-refractivity contribution is 6.02. The van der Waals surface area contributed by atoms with Gasteiger partial charge in [-0.1, -0.05) is 74.0 Å². The Labute approximate surface area is 225 Å². The molecule has 0 aromatic heterocycles. The Morgan fingerprint density at radius 1 is 0.974 bits per heavy atom. The van der Waals surface area contributed by atoms with Crippen molar-refractivity contribution in [2.75, 3.05) is 0 Å². The van der Waals surface area contributed by atoms with Gasteiger partial charge in [0.2, 0.25) is 0 Å². The fraction of sp³-hybridized carbons (Fsp3) is 0.394. The van der Waals surface area contributed by atoms with Crippen LogP contribution in [0.2, 0.25) is 0 Å². The molecule has 0 heterocycles. The van der Waals surface area contributed by atoms with Crippen molar-refractivity contribution in [3.05, 3.63) is 95.1 Å². The number of carboxylic acids is 1. The minimum atomic E-state index is -0.998. The third kappa shape index (κ3) is 5.83. The van der Waals surface area contributed by atoms with E-state index in [0.29, 0.717) is 24.4 Å². The van der Waals surface area contributed by atoms with Gasteiger partial charge in [0.05, 0.1) is 0 Å². The number of carbonyl (C=O) groups excluding carboxylic acids is 1. The maximum atomic E-state index is 13.4. The van der Waals surface area contributed by atoms with Crippen LogP contribution in [0.25, 0.3) is 11.1 Å². The molecular weight excluding hydrogens is 472 g/mol. The molecule has 3 aromatic rings. The van der Waals surface area contributed by atoms with Crippen molar-refractivity contribution < 1.29 is 14.7 Å². The van der Waals surface area contributed by atoms with Crippen LogP contribution in [-0.2, 0) is 17.8 Å². The molecule has 5 nitrogen and oxygen atoms in total. The highest BCUT2D eigenvalue weighted by Gasteiger charge is 2.52. The van der Waals surface area contributed by atoms with E-state index in [1.165, 1.54) is 36.8 Å². The predicted octanol–water partition coefficient (Wildman–Crippen LogP) is 6.38. The third-order valence-corrected chi connectivity index (χ3v) is 8.10. The first-order valence-corrected chi connectivity index (χ1v) is 13.9. The largest absolute Gasteiger partial charge is 0.480 e. The number of aliphatic carboxylic acids is 1. The lowest BCUT2D eigenvalue weighted by Gasteiger charge is -2.33. The summed E-state index contributed by atoms with van der Waals surface area (Å²) in [6.45, 7) is 4.83. The van der Waals surface area contributed by atoms with Crippen LogP contribution in [0.15, 0.2) is 72.8 Å². The van der Waals surface area contributed by atoms with Gasteiger partial charge in [0, 0.05) is 23.7 Å². The number of hydrogen-bond donors (Lipinski definition) is 2. The van der Waals surface area contributed by atoms with Crippen LogP contribution in [0.1, 0.15) is 72.5 Å². The van der Waals surface area contributed by atoms with Crippen LogP contribution in [0.5, 0.6) is 0 Å². The molecule has 0 radical (unpaired) electrons. The van der Waals surface area contributed by atoms with Crippen molar-refractivity contribution in [1.29, 1.82) is 0 Å². The molecule has 2 saturated carbocycles. The molecule has 5 rings (SSSR count). The first-order valence-electron chi connectivity index (χ1n) is 13.9. The lowest BCUT2D eigenvalue weighted by Crippen LogP contribution is -2.41. The van der Waals surface area contributed by atoms with Gasteiger partial charge >= 0.3 is 5.97 Å². The Balaban J connectivity index is 1.45. The summed E-state index contributed by atoms with van der Waals surface area (Å²) in [6, 6.07) is 24.7. The molecule has 0 aliphatic heterocycles. The molecule has 0 bridgehead atoms. The number of aryl methyl sites for hydroxylation is 1. The normalized spacial score (nSPS) is 16.7. The summed E-state index contributed by atoms with van der Waals surface area (Å²) in [6.07, 6.45) is 7.09. The minimum Gasteiger partial charge on any atom is -0.480 e. The molecule has 1 amide bonds. The van der Waals surface area contributed by atoms with Crippen molar-refractivity contribution in [2.24, 2.45) is 0 Å². The number of nitrogens with zero attached hydrogens (tertiary/aromatic N) is 1. The van der Waals surface area contributed by atoms with Gasteiger partial charge in [-0.3, -0.25) is 9.69 Å². The average molecular weight is 511 g/mol. The molecule has 38 heavy (non-hydrogen) atoms. The maximum absolute atomic E-state index is 13.4. The second-order valence-corrected chi connectivity index (χ2v) is 11.1. The van der Waals surface area contributed by atoms with E-state index in [-0.39, 0.29) is 11.4 Å². The van der Waals surface area contributed by atoms with Gasteiger partial charge in [0.1, 0.15) is 6.04 Å². The smallest absolute Gasteiger partial charge is 0.326 e. The average Bonchev–Trinajstić information content (AvgIpc) is 3.85. The standard InChI is InChI=1S/C33H38N2O3/c1-3-9-30(32(37)38)34-31(36)28-17-14-25(20-29(28)27-13-8-7-10-23(27)2)22-35(26-15-16-26)33(18-19-33)21-24-11-5-4-6-12-24/h4-8,10-14,17,20,26,30H,3,9,15-16,18-19,21-22H2,1-2H3,(H,34,36)(H,37,38). The number of nitrogens with one attached hydrogen (secondary N) is 1. The maximum Gasteiger partial charge on any atom is 0.326 e. The van der Waals surface area contributed by atoms with E-state index in [2.05, 4.69) is 65.7 Å². The van der Waals surface area contributed by atoms with Gasteiger partial charge in [-0.15, -0.1) is 0 Å². The lowest BCUT2D eigenvalue weighted by molar-refractivity contribution is -0.139. The second kappa shape index (κ2) is 11.1. The third-order valence-electron chi connectivity index (χ3n) is 8.10. The van der Waals surface area contributed by atoms with E-state index < -0.39 is 12.0 Å². The first kappa shape index (κ1) is 26.2. The number of amides is 1. The van der Waals surface area contributed by atoms with Gasteiger partial charge in [-0.25, -0.2) is 4.79 Å². The van der Waals surface area contributed by atoms with Gasteiger partial charge in [-0.2, -0.15) is 0 Å². The topological polar surface area (TPSA) is 69.6 Å². The van der Waals surface area contributed by atoms with Gasteiger partial charge in [0.15, 0.2) is 0 Å². The van der Waals surface area contributed by atoms with Crippen molar-refractivity contribution in [1.82, 2.24) is 10.2 Å². The Kier molecular flexibility index (Phi) is 7.66. The zero-order valence-corrected chi connectivity index (χ0v) is 22.5. The van der Waals surface area contributed by atoms with Crippen LogP contribution >= 0.6 is 0 Å². The van der Waals surface area contributed by atoms with Gasteiger partial charge in [-0.05, 0) is 85.4 Å². The number of carbonyl (C=O) groups is 2. The molecule has 1 atom stereocenters. The fourth-order valence-electron chi connectivity index (χ4n) is 5.72. The number of hydrogen-bond acceptors (Lipinski definition) is 3. The lowest BCUT2D eigenvalue weighted by atomic mass is 9.93. The quantitative estimate of drug-likeness (QED) is 0.296. The molecule has 0 spiro atoms. The van der Waals surface area contributed by atoms with Gasteiger partial charge < -0.3 is 10.4 Å². The van der Waals surface area contributed by atoms with Crippen LogP contribution in [-0.4, -0.2) is 39.5 Å². The van der Waals surface area contributed by atoms with Crippen LogP contribution in [0.4, 0.5) is 0 Å². The number of carboxylic acid groups (broad SMARTS) is 1. The van der Waals surface area contributed by atoms with Crippen LogP contribution in [0.3, 0.4) is 0 Å². The summed E-state index contributed by atoms with van der Waals surface area (Å²) < 4.78 is 0. The Morgan fingerprint density at radius 2 is 1.68 bits per heavy atom. The van der Waals surface area contributed by atoms with E-state index in [9.17, 15) is 14.7 Å². The SMILES string of the molecule is CCCC(NC(=O)c1ccc(CN(C2CC2)C2(Cc3ccccc3)CC2)cc1-c1ccccc1C)C(=O)O. The van der Waals surface area contributed by atoms with Crippen LogP contribution < -0.4 is 5.32 Å². The molecule has 0 saturated heterocycles. The summed E-state index contributed by atoms with van der Waals surface area (Å²) in [7, 11) is 0. The van der Waals surface area contributed by atoms with Crippen molar-refractivity contribution in [3.63, 3.8) is 0 Å². The first-order chi connectivity index (χ1) is 18.4. The molecule has 5 heteroatoms.